The lowest BCUT2D eigenvalue weighted by molar-refractivity contribution is -0.125. The van der Waals surface area contributed by atoms with Crippen LogP contribution in [0.2, 0.25) is 0 Å². The Kier molecular flexibility index (Phi) is 5.17. The summed E-state index contributed by atoms with van der Waals surface area (Å²) in [7, 11) is 0. The minimum absolute atomic E-state index is 0.0836. The molecule has 30 heavy (non-hydrogen) atoms. The molecule has 5 rings (SSSR count). The number of hydrogen-bond donors (Lipinski definition) is 1. The van der Waals surface area contributed by atoms with E-state index < -0.39 is 0 Å². The van der Waals surface area contributed by atoms with Crippen molar-refractivity contribution in [3.05, 3.63) is 48.7 Å². The van der Waals surface area contributed by atoms with Crippen molar-refractivity contribution in [3.8, 4) is 22.8 Å². The van der Waals surface area contributed by atoms with Crippen LogP contribution in [0.4, 0.5) is 5.82 Å². The van der Waals surface area contributed by atoms with Gasteiger partial charge in [0.15, 0.2) is 0 Å². The zero-order chi connectivity index (χ0) is 20.3. The Morgan fingerprint density at radius 2 is 1.87 bits per heavy atom. The van der Waals surface area contributed by atoms with Crippen LogP contribution >= 0.6 is 0 Å². The van der Waals surface area contributed by atoms with Crippen molar-refractivity contribution in [2.24, 2.45) is 11.8 Å². The second-order valence-electron chi connectivity index (χ2n) is 8.11. The van der Waals surface area contributed by atoms with Gasteiger partial charge in [0, 0.05) is 37.3 Å². The van der Waals surface area contributed by atoms with E-state index in [1.807, 2.05) is 42.5 Å². The largest absolute Gasteiger partial charge is 0.356 e. The number of nitrogens with one attached hydrogen (secondary N) is 1. The normalized spacial score (nSPS) is 17.1. The number of hydrogen-bond acceptors (Lipinski definition) is 6. The van der Waals surface area contributed by atoms with Crippen LogP contribution in [0.5, 0.6) is 0 Å². The maximum atomic E-state index is 12.4. The molecule has 3 aromatic rings. The van der Waals surface area contributed by atoms with Gasteiger partial charge < -0.3 is 14.7 Å². The monoisotopic (exact) mass is 403 g/mol. The van der Waals surface area contributed by atoms with E-state index in [1.165, 1.54) is 12.8 Å². The number of carbonyl (C=O) groups excluding carboxylic acids is 1. The minimum atomic E-state index is 0.0836. The molecule has 0 atom stereocenters. The van der Waals surface area contributed by atoms with Crippen molar-refractivity contribution in [1.82, 2.24) is 20.4 Å². The van der Waals surface area contributed by atoms with Crippen LogP contribution < -0.4 is 10.2 Å². The Morgan fingerprint density at radius 3 is 2.63 bits per heavy atom. The first kappa shape index (κ1) is 18.8. The van der Waals surface area contributed by atoms with Gasteiger partial charge in [0.1, 0.15) is 5.82 Å². The van der Waals surface area contributed by atoms with E-state index >= 15 is 0 Å². The number of pyridine rings is 1. The van der Waals surface area contributed by atoms with Gasteiger partial charge in [-0.25, -0.2) is 4.98 Å². The molecule has 0 bridgehead atoms. The second-order valence-corrected chi connectivity index (χ2v) is 8.11. The van der Waals surface area contributed by atoms with Gasteiger partial charge >= 0.3 is 0 Å². The first-order valence-electron chi connectivity index (χ1n) is 10.6. The zero-order valence-corrected chi connectivity index (χ0v) is 16.8. The van der Waals surface area contributed by atoms with Crippen LogP contribution in [0.15, 0.2) is 53.2 Å². The molecule has 2 aromatic heterocycles. The molecule has 1 N–H and O–H groups in total. The van der Waals surface area contributed by atoms with E-state index in [1.54, 1.807) is 6.20 Å². The van der Waals surface area contributed by atoms with Gasteiger partial charge in [0.25, 0.3) is 5.89 Å². The molecular formula is C23H25N5O2. The molecule has 1 aliphatic heterocycles. The van der Waals surface area contributed by atoms with Gasteiger partial charge in [-0.3, -0.25) is 4.79 Å². The lowest BCUT2D eigenvalue weighted by atomic mass is 9.95. The van der Waals surface area contributed by atoms with Crippen molar-refractivity contribution in [1.29, 1.82) is 0 Å². The fourth-order valence-corrected chi connectivity index (χ4v) is 3.92. The average molecular weight is 403 g/mol. The number of amides is 1. The maximum Gasteiger partial charge on any atom is 0.261 e. The third-order valence-electron chi connectivity index (χ3n) is 5.90. The van der Waals surface area contributed by atoms with Crippen molar-refractivity contribution >= 4 is 11.7 Å². The molecule has 154 valence electrons. The third kappa shape index (κ3) is 4.06. The molecule has 2 fully saturated rings. The Hall–Kier alpha value is -3.22. The van der Waals surface area contributed by atoms with Gasteiger partial charge in [-0.1, -0.05) is 35.5 Å². The molecule has 1 aromatic carbocycles. The van der Waals surface area contributed by atoms with Crippen LogP contribution in [0.25, 0.3) is 22.8 Å². The number of nitrogens with zero attached hydrogens (tertiary/aromatic N) is 4. The highest BCUT2D eigenvalue weighted by Gasteiger charge is 2.29. The summed E-state index contributed by atoms with van der Waals surface area (Å²) < 4.78 is 5.56. The topological polar surface area (TPSA) is 84.2 Å². The maximum absolute atomic E-state index is 12.4. The summed E-state index contributed by atoms with van der Waals surface area (Å²) >= 11 is 0. The van der Waals surface area contributed by atoms with Gasteiger partial charge in [-0.15, -0.1) is 0 Å². The standard InChI is InChI=1S/C23H25N5O2/c29-22(25-15-16-8-9-16)18-10-13-28(14-11-18)21-19(7-4-12-24-21)23-26-20(27-30-23)17-5-2-1-3-6-17/h1-7,12,16,18H,8-11,13-15H2,(H,25,29). The molecule has 0 radical (unpaired) electrons. The van der Waals surface area contributed by atoms with E-state index in [4.69, 9.17) is 4.52 Å². The summed E-state index contributed by atoms with van der Waals surface area (Å²) in [6.45, 7) is 2.40. The molecule has 1 saturated heterocycles. The minimum Gasteiger partial charge on any atom is -0.356 e. The molecule has 7 heteroatoms. The van der Waals surface area contributed by atoms with E-state index in [0.29, 0.717) is 17.6 Å². The number of carbonyl (C=O) groups is 1. The summed E-state index contributed by atoms with van der Waals surface area (Å²) in [6.07, 6.45) is 5.94. The molecule has 1 amide bonds. The predicted octanol–water partition coefficient (Wildman–Crippen LogP) is 3.54. The number of anilines is 1. The van der Waals surface area contributed by atoms with E-state index in [9.17, 15) is 4.79 Å². The summed E-state index contributed by atoms with van der Waals surface area (Å²) in [6, 6.07) is 13.6. The van der Waals surface area contributed by atoms with E-state index in [0.717, 1.165) is 49.4 Å². The molecule has 7 nitrogen and oxygen atoms in total. The molecule has 1 aliphatic carbocycles. The number of benzene rings is 1. The Bertz CT molecular complexity index is 1010. The van der Waals surface area contributed by atoms with Crippen LogP contribution in [0, 0.1) is 11.8 Å². The Labute approximate surface area is 175 Å². The Morgan fingerprint density at radius 1 is 1.07 bits per heavy atom. The second kappa shape index (κ2) is 8.26. The molecule has 0 spiro atoms. The van der Waals surface area contributed by atoms with Crippen molar-refractivity contribution in [2.75, 3.05) is 24.5 Å². The van der Waals surface area contributed by atoms with Crippen LogP contribution in [-0.4, -0.2) is 40.7 Å². The molecule has 0 unspecified atom stereocenters. The quantitative estimate of drug-likeness (QED) is 0.678. The molecule has 2 aliphatic rings. The average Bonchev–Trinajstić information content (AvgIpc) is 3.52. The fourth-order valence-electron chi connectivity index (χ4n) is 3.92. The van der Waals surface area contributed by atoms with Crippen LogP contribution in [0.3, 0.4) is 0 Å². The van der Waals surface area contributed by atoms with Crippen molar-refractivity contribution in [2.45, 2.75) is 25.7 Å². The lowest BCUT2D eigenvalue weighted by Gasteiger charge is -2.32. The SMILES string of the molecule is O=C(NCC1CC1)C1CCN(c2ncccc2-c2nc(-c3ccccc3)no2)CC1. The summed E-state index contributed by atoms with van der Waals surface area (Å²) in [5.41, 5.74) is 1.74. The highest BCUT2D eigenvalue weighted by Crippen LogP contribution is 2.32. The molecule has 1 saturated carbocycles. The van der Waals surface area contributed by atoms with E-state index in [2.05, 4.69) is 25.3 Å². The number of aromatic nitrogens is 3. The smallest absolute Gasteiger partial charge is 0.261 e. The summed E-state index contributed by atoms with van der Waals surface area (Å²) in [5, 5.41) is 7.26. The van der Waals surface area contributed by atoms with Crippen molar-refractivity contribution < 1.29 is 9.32 Å². The van der Waals surface area contributed by atoms with E-state index in [-0.39, 0.29) is 11.8 Å². The van der Waals surface area contributed by atoms with Crippen molar-refractivity contribution in [3.63, 3.8) is 0 Å². The fraction of sp³-hybridized carbons (Fsp3) is 0.391. The highest BCUT2D eigenvalue weighted by atomic mass is 16.5. The van der Waals surface area contributed by atoms with Gasteiger partial charge in [0.05, 0.1) is 5.56 Å². The number of piperidine rings is 1. The van der Waals surface area contributed by atoms with Crippen LogP contribution in [0.1, 0.15) is 25.7 Å². The highest BCUT2D eigenvalue weighted by molar-refractivity contribution is 5.79. The summed E-state index contributed by atoms with van der Waals surface area (Å²) in [4.78, 5) is 23.8. The Balaban J connectivity index is 1.29. The first-order chi connectivity index (χ1) is 14.8. The summed E-state index contributed by atoms with van der Waals surface area (Å²) in [5.74, 6) is 2.85. The first-order valence-corrected chi connectivity index (χ1v) is 10.6. The predicted molar refractivity (Wildman–Crippen MR) is 114 cm³/mol. The lowest BCUT2D eigenvalue weighted by Crippen LogP contribution is -2.41. The molecular weight excluding hydrogens is 378 g/mol. The molecule has 3 heterocycles. The van der Waals surface area contributed by atoms with Gasteiger partial charge in [-0.2, -0.15) is 4.98 Å². The van der Waals surface area contributed by atoms with Crippen LogP contribution in [-0.2, 0) is 4.79 Å². The van der Waals surface area contributed by atoms with Gasteiger partial charge in [0.2, 0.25) is 11.7 Å². The number of rotatable bonds is 6. The third-order valence-corrected chi connectivity index (χ3v) is 5.90. The zero-order valence-electron chi connectivity index (χ0n) is 16.8. The van der Waals surface area contributed by atoms with Gasteiger partial charge in [-0.05, 0) is 43.7 Å².